The third kappa shape index (κ3) is 4.36. The van der Waals surface area contributed by atoms with E-state index < -0.39 is 0 Å². The first-order valence-electron chi connectivity index (χ1n) is 5.59. The first kappa shape index (κ1) is 11.9. The molecule has 0 aliphatic carbocycles. The molecule has 2 nitrogen and oxygen atoms in total. The van der Waals surface area contributed by atoms with Gasteiger partial charge in [0.15, 0.2) is 0 Å². The summed E-state index contributed by atoms with van der Waals surface area (Å²) in [6.45, 7) is 4.16. The van der Waals surface area contributed by atoms with E-state index in [1.54, 1.807) is 0 Å². The molecule has 0 aromatic carbocycles. The Bertz CT molecular complexity index is 178. The molecule has 1 rings (SSSR count). The molecule has 14 heavy (non-hydrogen) atoms. The van der Waals surface area contributed by atoms with Gasteiger partial charge in [0.2, 0.25) is 5.91 Å². The molecule has 0 aromatic rings. The highest BCUT2D eigenvalue weighted by Crippen LogP contribution is 2.25. The second kappa shape index (κ2) is 6.33. The largest absolute Gasteiger partial charge is 0.354 e. The summed E-state index contributed by atoms with van der Waals surface area (Å²) in [6, 6.07) is 0.334. The predicted molar refractivity (Wildman–Crippen MR) is 62.6 cm³/mol. The second-order valence-electron chi connectivity index (χ2n) is 4.14. The normalized spacial score (nSPS) is 20.4. The number of rotatable bonds is 4. The molecule has 82 valence electrons. The Hall–Kier alpha value is -0.180. The number of thioether (sulfide) groups is 1. The van der Waals surface area contributed by atoms with Crippen LogP contribution in [0.25, 0.3) is 0 Å². The summed E-state index contributed by atoms with van der Waals surface area (Å²) in [5.41, 5.74) is 0. The lowest BCUT2D eigenvalue weighted by Crippen LogP contribution is -2.33. The van der Waals surface area contributed by atoms with Crippen LogP contribution in [0.3, 0.4) is 0 Å². The fourth-order valence-corrected chi connectivity index (χ4v) is 2.85. The maximum Gasteiger partial charge on any atom is 0.220 e. The van der Waals surface area contributed by atoms with Crippen LogP contribution >= 0.6 is 11.8 Å². The average Bonchev–Trinajstić information content (AvgIpc) is 2.19. The number of amides is 1. The third-order valence-corrected chi connectivity index (χ3v) is 3.88. The SMILES string of the molecule is CCC(C)NC(=O)CC1CCSCC1. The summed E-state index contributed by atoms with van der Waals surface area (Å²) in [5, 5.41) is 3.03. The van der Waals surface area contributed by atoms with Crippen molar-refractivity contribution in [3.8, 4) is 0 Å². The van der Waals surface area contributed by atoms with Crippen molar-refractivity contribution in [1.82, 2.24) is 5.32 Å². The van der Waals surface area contributed by atoms with Crippen LogP contribution in [0.2, 0.25) is 0 Å². The molecule has 1 fully saturated rings. The van der Waals surface area contributed by atoms with Crippen molar-refractivity contribution in [1.29, 1.82) is 0 Å². The molecule has 1 saturated heterocycles. The summed E-state index contributed by atoms with van der Waals surface area (Å²) in [4.78, 5) is 11.6. The summed E-state index contributed by atoms with van der Waals surface area (Å²) >= 11 is 2.01. The molecule has 1 aliphatic heterocycles. The number of carbonyl (C=O) groups is 1. The van der Waals surface area contributed by atoms with Gasteiger partial charge < -0.3 is 5.32 Å². The zero-order valence-electron chi connectivity index (χ0n) is 9.21. The predicted octanol–water partition coefficient (Wildman–Crippen LogP) is 2.43. The Morgan fingerprint density at radius 2 is 2.14 bits per heavy atom. The number of hydrogen-bond donors (Lipinski definition) is 1. The molecule has 1 N–H and O–H groups in total. The van der Waals surface area contributed by atoms with Gasteiger partial charge in [0.05, 0.1) is 0 Å². The molecular weight excluding hydrogens is 194 g/mol. The van der Waals surface area contributed by atoms with Gasteiger partial charge in [-0.25, -0.2) is 0 Å². The molecule has 1 amide bonds. The lowest BCUT2D eigenvalue weighted by atomic mass is 9.98. The van der Waals surface area contributed by atoms with Crippen LogP contribution in [0, 0.1) is 5.92 Å². The van der Waals surface area contributed by atoms with Crippen molar-refractivity contribution in [2.24, 2.45) is 5.92 Å². The number of carbonyl (C=O) groups excluding carboxylic acids is 1. The smallest absolute Gasteiger partial charge is 0.220 e. The lowest BCUT2D eigenvalue weighted by Gasteiger charge is -2.21. The van der Waals surface area contributed by atoms with Crippen molar-refractivity contribution in [3.05, 3.63) is 0 Å². The van der Waals surface area contributed by atoms with E-state index in [-0.39, 0.29) is 5.91 Å². The number of hydrogen-bond acceptors (Lipinski definition) is 2. The first-order valence-corrected chi connectivity index (χ1v) is 6.75. The van der Waals surface area contributed by atoms with Gasteiger partial charge in [-0.3, -0.25) is 4.79 Å². The van der Waals surface area contributed by atoms with Gasteiger partial charge >= 0.3 is 0 Å². The van der Waals surface area contributed by atoms with Crippen LogP contribution in [-0.4, -0.2) is 23.5 Å². The lowest BCUT2D eigenvalue weighted by molar-refractivity contribution is -0.122. The highest BCUT2D eigenvalue weighted by atomic mass is 32.2. The van der Waals surface area contributed by atoms with E-state index in [1.807, 2.05) is 11.8 Å². The summed E-state index contributed by atoms with van der Waals surface area (Å²) in [5.74, 6) is 3.36. The van der Waals surface area contributed by atoms with Crippen LogP contribution < -0.4 is 5.32 Å². The van der Waals surface area contributed by atoms with Gasteiger partial charge in [-0.1, -0.05) is 6.92 Å². The monoisotopic (exact) mass is 215 g/mol. The molecule has 0 spiro atoms. The molecule has 0 aromatic heterocycles. The van der Waals surface area contributed by atoms with E-state index in [9.17, 15) is 4.79 Å². The van der Waals surface area contributed by atoms with E-state index in [0.717, 1.165) is 12.8 Å². The van der Waals surface area contributed by atoms with Gasteiger partial charge in [-0.2, -0.15) is 11.8 Å². The van der Waals surface area contributed by atoms with Crippen molar-refractivity contribution in [2.75, 3.05) is 11.5 Å². The highest BCUT2D eigenvalue weighted by Gasteiger charge is 2.17. The highest BCUT2D eigenvalue weighted by molar-refractivity contribution is 7.99. The summed E-state index contributed by atoms with van der Waals surface area (Å²) in [6.07, 6.45) is 4.20. The van der Waals surface area contributed by atoms with Crippen LogP contribution in [-0.2, 0) is 4.79 Å². The zero-order chi connectivity index (χ0) is 10.4. The van der Waals surface area contributed by atoms with Crippen LogP contribution in [0.15, 0.2) is 0 Å². The quantitative estimate of drug-likeness (QED) is 0.780. The van der Waals surface area contributed by atoms with Crippen molar-refractivity contribution in [2.45, 2.75) is 45.6 Å². The second-order valence-corrected chi connectivity index (χ2v) is 5.36. The zero-order valence-corrected chi connectivity index (χ0v) is 10.0. The minimum atomic E-state index is 0.247. The topological polar surface area (TPSA) is 29.1 Å². The molecule has 1 atom stereocenters. The van der Waals surface area contributed by atoms with E-state index in [4.69, 9.17) is 0 Å². The maximum absolute atomic E-state index is 11.6. The minimum Gasteiger partial charge on any atom is -0.354 e. The Kier molecular flexibility index (Phi) is 5.38. The third-order valence-electron chi connectivity index (χ3n) is 2.83. The number of nitrogens with one attached hydrogen (secondary N) is 1. The van der Waals surface area contributed by atoms with Gasteiger partial charge in [-0.05, 0) is 43.6 Å². The van der Waals surface area contributed by atoms with Crippen LogP contribution in [0.5, 0.6) is 0 Å². The Labute approximate surface area is 91.2 Å². The molecular formula is C11H21NOS. The van der Waals surface area contributed by atoms with Gasteiger partial charge in [0, 0.05) is 12.5 Å². The fraction of sp³-hybridized carbons (Fsp3) is 0.909. The average molecular weight is 215 g/mol. The molecule has 0 saturated carbocycles. The van der Waals surface area contributed by atoms with Crippen molar-refractivity contribution < 1.29 is 4.79 Å². The summed E-state index contributed by atoms with van der Waals surface area (Å²) in [7, 11) is 0. The van der Waals surface area contributed by atoms with Crippen molar-refractivity contribution >= 4 is 17.7 Å². The molecule has 1 unspecified atom stereocenters. The van der Waals surface area contributed by atoms with Gasteiger partial charge in [-0.15, -0.1) is 0 Å². The molecule has 3 heteroatoms. The fourth-order valence-electron chi connectivity index (χ4n) is 1.65. The van der Waals surface area contributed by atoms with E-state index in [2.05, 4.69) is 19.2 Å². The molecule has 0 radical (unpaired) electrons. The first-order chi connectivity index (χ1) is 6.72. The minimum absolute atomic E-state index is 0.247. The Morgan fingerprint density at radius 3 is 2.71 bits per heavy atom. The van der Waals surface area contributed by atoms with Crippen LogP contribution in [0.1, 0.15) is 39.5 Å². The van der Waals surface area contributed by atoms with Gasteiger partial charge in [0.1, 0.15) is 0 Å². The molecule has 0 bridgehead atoms. The van der Waals surface area contributed by atoms with E-state index in [1.165, 1.54) is 24.3 Å². The van der Waals surface area contributed by atoms with Crippen molar-refractivity contribution in [3.63, 3.8) is 0 Å². The Balaban J connectivity index is 2.18. The summed E-state index contributed by atoms with van der Waals surface area (Å²) < 4.78 is 0. The molecule has 1 heterocycles. The Morgan fingerprint density at radius 1 is 1.50 bits per heavy atom. The van der Waals surface area contributed by atoms with Crippen LogP contribution in [0.4, 0.5) is 0 Å². The van der Waals surface area contributed by atoms with E-state index in [0.29, 0.717) is 12.0 Å². The maximum atomic E-state index is 11.6. The van der Waals surface area contributed by atoms with Gasteiger partial charge in [0.25, 0.3) is 0 Å². The standard InChI is InChI=1S/C11H21NOS/c1-3-9(2)12-11(13)8-10-4-6-14-7-5-10/h9-10H,3-8H2,1-2H3,(H,12,13). The molecule has 1 aliphatic rings. The van der Waals surface area contributed by atoms with E-state index >= 15 is 0 Å².